The van der Waals surface area contributed by atoms with Gasteiger partial charge >= 0.3 is 0 Å². The molecule has 3 heteroatoms. The summed E-state index contributed by atoms with van der Waals surface area (Å²) in [5.41, 5.74) is 0.729. The van der Waals surface area contributed by atoms with E-state index < -0.39 is 0 Å². The lowest BCUT2D eigenvalue weighted by atomic mass is 10.2. The van der Waals surface area contributed by atoms with E-state index in [1.54, 1.807) is 12.1 Å². The molecule has 1 aromatic rings. The van der Waals surface area contributed by atoms with Crippen molar-refractivity contribution in [1.82, 2.24) is 0 Å². The molecule has 0 aromatic heterocycles. The van der Waals surface area contributed by atoms with E-state index in [-0.39, 0.29) is 0 Å². The summed E-state index contributed by atoms with van der Waals surface area (Å²) in [6, 6.07) is 9.10. The zero-order valence-electron chi connectivity index (χ0n) is 7.27. The van der Waals surface area contributed by atoms with Crippen LogP contribution in [0.25, 0.3) is 0 Å². The molecule has 0 aliphatic heterocycles. The molecule has 0 saturated carbocycles. The summed E-state index contributed by atoms with van der Waals surface area (Å²) in [7, 11) is 2.00. The van der Waals surface area contributed by atoms with Crippen LogP contribution in [0.15, 0.2) is 30.3 Å². The Morgan fingerprint density at radius 3 is 1.67 bits per heavy atom. The normalized spacial score (nSPS) is 6.67. The molecule has 1 aromatic carbocycles. The van der Waals surface area contributed by atoms with Crippen LogP contribution in [0.5, 0.6) is 0 Å². The number of rotatable bonds is 1. The molecule has 0 saturated heterocycles. The summed E-state index contributed by atoms with van der Waals surface area (Å²) in [5.74, 6) is 0. The van der Waals surface area contributed by atoms with Crippen LogP contribution in [0.3, 0.4) is 0 Å². The second-order valence-corrected chi connectivity index (χ2v) is 1.53. The lowest BCUT2D eigenvalue weighted by Gasteiger charge is -1.81. The first kappa shape index (κ1) is 13.4. The average molecular weight is 170 g/mol. The fraction of sp³-hybridized carbons (Fsp3) is 0.222. The first-order valence-corrected chi connectivity index (χ1v) is 3.33. The summed E-state index contributed by atoms with van der Waals surface area (Å²) >= 11 is 0. The van der Waals surface area contributed by atoms with Crippen molar-refractivity contribution in [3.63, 3.8) is 0 Å². The minimum Gasteiger partial charge on any atom is -0.400 e. The molecule has 12 heavy (non-hydrogen) atoms. The van der Waals surface area contributed by atoms with Crippen molar-refractivity contribution in [2.24, 2.45) is 0 Å². The molecule has 0 radical (unpaired) electrons. The van der Waals surface area contributed by atoms with Gasteiger partial charge in [0.15, 0.2) is 0 Å². The maximum atomic E-state index is 10.0. The molecule has 0 bridgehead atoms. The largest absolute Gasteiger partial charge is 0.400 e. The quantitative estimate of drug-likeness (QED) is 0.610. The number of hydrogen-bond acceptors (Lipinski definition) is 3. The van der Waals surface area contributed by atoms with E-state index in [9.17, 15) is 4.79 Å². The van der Waals surface area contributed by atoms with Gasteiger partial charge in [-0.05, 0) is 0 Å². The maximum Gasteiger partial charge on any atom is 0.150 e. The van der Waals surface area contributed by atoms with Crippen molar-refractivity contribution in [1.29, 1.82) is 0 Å². The summed E-state index contributed by atoms with van der Waals surface area (Å²) in [4.78, 5) is 10.0. The minimum absolute atomic E-state index is 0.729. The zero-order valence-corrected chi connectivity index (χ0v) is 7.27. The van der Waals surface area contributed by atoms with E-state index in [4.69, 9.17) is 10.2 Å². The second-order valence-electron chi connectivity index (χ2n) is 1.53. The van der Waals surface area contributed by atoms with Gasteiger partial charge in [-0.1, -0.05) is 30.3 Å². The lowest BCUT2D eigenvalue weighted by molar-refractivity contribution is 0.112. The fourth-order valence-electron chi connectivity index (χ4n) is 0.532. The van der Waals surface area contributed by atoms with Gasteiger partial charge in [0.25, 0.3) is 0 Å². The van der Waals surface area contributed by atoms with Crippen LogP contribution < -0.4 is 0 Å². The topological polar surface area (TPSA) is 57.5 Å². The highest BCUT2D eigenvalue weighted by Crippen LogP contribution is 1.91. The van der Waals surface area contributed by atoms with Crippen molar-refractivity contribution >= 4 is 6.29 Å². The smallest absolute Gasteiger partial charge is 0.150 e. The maximum absolute atomic E-state index is 10.0. The van der Waals surface area contributed by atoms with E-state index in [1.165, 1.54) is 0 Å². The Hall–Kier alpha value is -1.19. The number of carbonyl (C=O) groups excluding carboxylic acids is 1. The van der Waals surface area contributed by atoms with Crippen molar-refractivity contribution in [3.8, 4) is 0 Å². The van der Waals surface area contributed by atoms with Gasteiger partial charge in [0.2, 0.25) is 0 Å². The first-order chi connectivity index (χ1) is 5.93. The third-order valence-electron chi connectivity index (χ3n) is 0.936. The van der Waals surface area contributed by atoms with Gasteiger partial charge in [-0.15, -0.1) is 0 Å². The molecule has 0 aliphatic rings. The summed E-state index contributed by atoms with van der Waals surface area (Å²) in [6.07, 6.45) is 0.833. The molecule has 0 aliphatic carbocycles. The molecule has 3 nitrogen and oxygen atoms in total. The van der Waals surface area contributed by atoms with Crippen LogP contribution in [0, 0.1) is 0 Å². The Labute approximate surface area is 72.3 Å². The van der Waals surface area contributed by atoms with Crippen LogP contribution in [0.2, 0.25) is 0 Å². The highest BCUT2D eigenvalue weighted by atomic mass is 16.2. The van der Waals surface area contributed by atoms with E-state index in [0.29, 0.717) is 0 Å². The predicted octanol–water partition coefficient (Wildman–Crippen LogP) is 0.716. The van der Waals surface area contributed by atoms with Gasteiger partial charge in [-0.2, -0.15) is 0 Å². The first-order valence-electron chi connectivity index (χ1n) is 3.33. The van der Waals surface area contributed by atoms with E-state index in [0.717, 1.165) is 26.1 Å². The van der Waals surface area contributed by atoms with Crippen LogP contribution in [0.1, 0.15) is 10.4 Å². The summed E-state index contributed by atoms with van der Waals surface area (Å²) in [5, 5.41) is 14.0. The number of hydrogen-bond donors (Lipinski definition) is 2. The van der Waals surface area contributed by atoms with Crippen molar-refractivity contribution in [3.05, 3.63) is 35.9 Å². The minimum atomic E-state index is 0.729. The highest BCUT2D eigenvalue weighted by Gasteiger charge is 1.79. The van der Waals surface area contributed by atoms with Crippen molar-refractivity contribution in [2.45, 2.75) is 0 Å². The van der Waals surface area contributed by atoms with Gasteiger partial charge in [0.05, 0.1) is 0 Å². The van der Waals surface area contributed by atoms with E-state index in [1.807, 2.05) is 18.2 Å². The monoisotopic (exact) mass is 170 g/mol. The van der Waals surface area contributed by atoms with Gasteiger partial charge in [0, 0.05) is 19.8 Å². The molecule has 0 fully saturated rings. The second kappa shape index (κ2) is 12.5. The Kier molecular flexibility index (Phi) is 13.9. The third-order valence-corrected chi connectivity index (χ3v) is 0.936. The van der Waals surface area contributed by atoms with Crippen molar-refractivity contribution < 1.29 is 15.0 Å². The molecule has 0 unspecified atom stereocenters. The zero-order chi connectivity index (χ0) is 9.82. The Morgan fingerprint density at radius 1 is 1.00 bits per heavy atom. The highest BCUT2D eigenvalue weighted by molar-refractivity contribution is 5.74. The molecular formula is C9H14O3. The number of aldehydes is 1. The number of benzene rings is 1. The molecule has 1 rings (SSSR count). The molecule has 0 amide bonds. The molecule has 0 atom stereocenters. The van der Waals surface area contributed by atoms with Gasteiger partial charge in [-0.3, -0.25) is 4.79 Å². The predicted molar refractivity (Wildman–Crippen MR) is 48.1 cm³/mol. The number of carbonyl (C=O) groups is 1. The Balaban J connectivity index is 0. The standard InChI is InChI=1S/C7H6O.2CH4O/c8-6-7-4-2-1-3-5-7;2*1-2/h1-6H;2*2H,1H3. The van der Waals surface area contributed by atoms with Crippen LogP contribution in [0.4, 0.5) is 0 Å². The lowest BCUT2D eigenvalue weighted by Crippen LogP contribution is -1.73. The summed E-state index contributed by atoms with van der Waals surface area (Å²) < 4.78 is 0. The summed E-state index contributed by atoms with van der Waals surface area (Å²) in [6.45, 7) is 0. The molecular weight excluding hydrogens is 156 g/mol. The Bertz CT molecular complexity index is 172. The third kappa shape index (κ3) is 6.92. The van der Waals surface area contributed by atoms with Crippen LogP contribution in [-0.2, 0) is 0 Å². The molecule has 2 N–H and O–H groups in total. The average Bonchev–Trinajstić information content (AvgIpc) is 2.25. The number of aliphatic hydroxyl groups is 2. The molecule has 0 spiro atoms. The molecule has 68 valence electrons. The van der Waals surface area contributed by atoms with Gasteiger partial charge in [-0.25, -0.2) is 0 Å². The van der Waals surface area contributed by atoms with Crippen LogP contribution >= 0.6 is 0 Å². The van der Waals surface area contributed by atoms with Crippen LogP contribution in [-0.4, -0.2) is 30.7 Å². The molecule has 0 heterocycles. The van der Waals surface area contributed by atoms with Crippen molar-refractivity contribution in [2.75, 3.05) is 14.2 Å². The SMILES string of the molecule is CO.CO.O=Cc1ccccc1. The van der Waals surface area contributed by atoms with Gasteiger partial charge in [0.1, 0.15) is 6.29 Å². The van der Waals surface area contributed by atoms with Gasteiger partial charge < -0.3 is 10.2 Å². The fourth-order valence-corrected chi connectivity index (χ4v) is 0.532. The van der Waals surface area contributed by atoms with E-state index in [2.05, 4.69) is 0 Å². The van der Waals surface area contributed by atoms with E-state index >= 15 is 0 Å². The Morgan fingerprint density at radius 2 is 1.42 bits per heavy atom. The number of aliphatic hydroxyl groups excluding tert-OH is 2.